The van der Waals surface area contributed by atoms with Gasteiger partial charge in [-0.1, -0.05) is 60.9 Å². The second-order valence-electron chi connectivity index (χ2n) is 9.13. The van der Waals surface area contributed by atoms with E-state index in [4.69, 9.17) is 9.47 Å². The predicted octanol–water partition coefficient (Wildman–Crippen LogP) is 7.16. The second kappa shape index (κ2) is 12.8. The topological polar surface area (TPSA) is 60.7 Å². The number of phenols is 1. The highest BCUT2D eigenvalue weighted by atomic mass is 16.5. The molecule has 1 aromatic heterocycles. The zero-order valence-corrected chi connectivity index (χ0v) is 21.3. The fraction of sp³-hybridized carbons (Fsp3) is 0.367. The number of nitrogens with zero attached hydrogens (tertiary/aromatic N) is 1. The number of aromatic nitrogens is 1. The monoisotopic (exact) mass is 475 g/mol. The Kier molecular flexibility index (Phi) is 9.59. The van der Waals surface area contributed by atoms with Crippen LogP contribution in [-0.2, 0) is 13.2 Å². The van der Waals surface area contributed by atoms with Crippen LogP contribution in [0.2, 0.25) is 0 Å². The minimum absolute atomic E-state index is 0.112. The summed E-state index contributed by atoms with van der Waals surface area (Å²) in [6.07, 6.45) is 8.02. The van der Waals surface area contributed by atoms with Crippen molar-refractivity contribution in [1.29, 1.82) is 0 Å². The number of aromatic hydroxyl groups is 1. The number of allylic oxidation sites excluding steroid dienone is 3. The Morgan fingerprint density at radius 2 is 1.77 bits per heavy atom. The zero-order valence-electron chi connectivity index (χ0n) is 21.3. The first-order valence-corrected chi connectivity index (χ1v) is 12.4. The SMILES string of the molecule is CCCCn1c(=O)c(OCc2ccccc2)c(OC/C=C(\C)CCC=C(C)C)c2ccc(O)cc21. The molecule has 1 N–H and O–H groups in total. The quantitative estimate of drug-likeness (QED) is 0.282. The van der Waals surface area contributed by atoms with Crippen molar-refractivity contribution >= 4 is 10.9 Å². The number of hydrogen-bond donors (Lipinski definition) is 1. The lowest BCUT2D eigenvalue weighted by atomic mass is 10.1. The molecule has 0 aliphatic carbocycles. The summed E-state index contributed by atoms with van der Waals surface area (Å²) in [6.45, 7) is 9.52. The molecule has 0 spiro atoms. The van der Waals surface area contributed by atoms with E-state index in [0.717, 1.165) is 36.6 Å². The van der Waals surface area contributed by atoms with Gasteiger partial charge in [0.15, 0.2) is 5.75 Å². The van der Waals surface area contributed by atoms with Gasteiger partial charge in [0.1, 0.15) is 19.0 Å². The standard InChI is InChI=1S/C30H37NO4/c1-5-6-18-31-27-20-25(32)15-16-26(27)28(34-19-17-23(4)12-10-11-22(2)3)29(30(31)33)35-21-24-13-8-7-9-14-24/h7-9,11,13-17,20,32H,5-6,10,12,18-19,21H2,1-4H3/b23-17+. The van der Waals surface area contributed by atoms with Gasteiger partial charge in [-0.2, -0.15) is 0 Å². The summed E-state index contributed by atoms with van der Waals surface area (Å²) < 4.78 is 14.0. The average Bonchev–Trinajstić information content (AvgIpc) is 2.83. The first kappa shape index (κ1) is 26.1. The van der Waals surface area contributed by atoms with Gasteiger partial charge in [-0.3, -0.25) is 4.79 Å². The van der Waals surface area contributed by atoms with E-state index in [1.165, 1.54) is 11.1 Å². The average molecular weight is 476 g/mol. The Balaban J connectivity index is 1.99. The van der Waals surface area contributed by atoms with Gasteiger partial charge in [-0.15, -0.1) is 0 Å². The molecule has 1 heterocycles. The number of phenolic OH excluding ortho intramolecular Hbond substituents is 1. The summed E-state index contributed by atoms with van der Waals surface area (Å²) in [5.74, 6) is 0.738. The van der Waals surface area contributed by atoms with E-state index in [-0.39, 0.29) is 23.7 Å². The summed E-state index contributed by atoms with van der Waals surface area (Å²) in [5, 5.41) is 10.9. The fourth-order valence-electron chi connectivity index (χ4n) is 3.88. The van der Waals surface area contributed by atoms with E-state index >= 15 is 0 Å². The maximum Gasteiger partial charge on any atom is 0.297 e. The highest BCUT2D eigenvalue weighted by Gasteiger charge is 2.20. The van der Waals surface area contributed by atoms with Crippen LogP contribution in [0.25, 0.3) is 10.9 Å². The summed E-state index contributed by atoms with van der Waals surface area (Å²) in [4.78, 5) is 13.6. The maximum absolute atomic E-state index is 13.6. The number of unbranched alkanes of at least 4 members (excludes halogenated alkanes) is 1. The van der Waals surface area contributed by atoms with Crippen molar-refractivity contribution in [2.45, 2.75) is 66.5 Å². The Bertz CT molecular complexity index is 1230. The number of fused-ring (bicyclic) bond motifs is 1. The predicted molar refractivity (Wildman–Crippen MR) is 143 cm³/mol. The molecular weight excluding hydrogens is 438 g/mol. The van der Waals surface area contributed by atoms with Gasteiger partial charge in [-0.05, 0) is 63.8 Å². The molecule has 5 nitrogen and oxygen atoms in total. The van der Waals surface area contributed by atoms with Gasteiger partial charge in [0.2, 0.25) is 5.75 Å². The lowest BCUT2D eigenvalue weighted by Gasteiger charge is -2.18. The third kappa shape index (κ3) is 7.25. The van der Waals surface area contributed by atoms with Crippen molar-refractivity contribution in [2.24, 2.45) is 0 Å². The third-order valence-electron chi connectivity index (χ3n) is 5.87. The van der Waals surface area contributed by atoms with Crippen LogP contribution in [0.15, 0.2) is 76.6 Å². The molecule has 2 aromatic carbocycles. The first-order chi connectivity index (χ1) is 16.9. The van der Waals surface area contributed by atoms with Crippen LogP contribution in [0.1, 0.15) is 58.9 Å². The fourth-order valence-corrected chi connectivity index (χ4v) is 3.88. The number of aryl methyl sites for hydroxylation is 1. The highest BCUT2D eigenvalue weighted by Crippen LogP contribution is 2.35. The molecule has 3 aromatic rings. The molecule has 0 fully saturated rings. The van der Waals surface area contributed by atoms with Crippen molar-refractivity contribution in [1.82, 2.24) is 4.57 Å². The largest absolute Gasteiger partial charge is 0.508 e. The van der Waals surface area contributed by atoms with Crippen LogP contribution in [0, 0.1) is 0 Å². The summed E-state index contributed by atoms with van der Waals surface area (Å²) in [5.41, 5.74) is 3.92. The summed E-state index contributed by atoms with van der Waals surface area (Å²) in [7, 11) is 0. The van der Waals surface area contributed by atoms with Crippen molar-refractivity contribution in [3.8, 4) is 17.2 Å². The Morgan fingerprint density at radius 1 is 1.00 bits per heavy atom. The smallest absolute Gasteiger partial charge is 0.297 e. The molecule has 186 valence electrons. The van der Waals surface area contributed by atoms with Gasteiger partial charge >= 0.3 is 0 Å². The summed E-state index contributed by atoms with van der Waals surface area (Å²) >= 11 is 0. The summed E-state index contributed by atoms with van der Waals surface area (Å²) in [6, 6.07) is 14.8. The van der Waals surface area contributed by atoms with E-state index in [9.17, 15) is 9.90 Å². The van der Waals surface area contributed by atoms with E-state index in [1.807, 2.05) is 30.3 Å². The van der Waals surface area contributed by atoms with Crippen molar-refractivity contribution in [3.05, 3.63) is 87.7 Å². The lowest BCUT2D eigenvalue weighted by molar-refractivity contribution is 0.271. The zero-order chi connectivity index (χ0) is 25.2. The highest BCUT2D eigenvalue weighted by molar-refractivity contribution is 5.89. The van der Waals surface area contributed by atoms with Gasteiger partial charge in [0.05, 0.1) is 5.52 Å². The molecular formula is C30H37NO4. The molecule has 0 aliphatic rings. The van der Waals surface area contributed by atoms with Crippen LogP contribution in [0.3, 0.4) is 0 Å². The Morgan fingerprint density at radius 3 is 2.49 bits per heavy atom. The van der Waals surface area contributed by atoms with Crippen LogP contribution < -0.4 is 15.0 Å². The van der Waals surface area contributed by atoms with E-state index in [1.54, 1.807) is 22.8 Å². The number of pyridine rings is 1. The van der Waals surface area contributed by atoms with E-state index < -0.39 is 0 Å². The number of rotatable bonds is 12. The van der Waals surface area contributed by atoms with E-state index in [2.05, 4.69) is 39.8 Å². The van der Waals surface area contributed by atoms with Crippen molar-refractivity contribution in [3.63, 3.8) is 0 Å². The molecule has 0 aliphatic heterocycles. The van der Waals surface area contributed by atoms with Gasteiger partial charge in [-0.25, -0.2) is 0 Å². The minimum atomic E-state index is -0.244. The number of hydrogen-bond acceptors (Lipinski definition) is 4. The maximum atomic E-state index is 13.6. The molecule has 0 bridgehead atoms. The van der Waals surface area contributed by atoms with Crippen LogP contribution in [0.5, 0.6) is 17.2 Å². The molecule has 0 atom stereocenters. The molecule has 0 amide bonds. The van der Waals surface area contributed by atoms with Gasteiger partial charge in [0.25, 0.3) is 5.56 Å². The minimum Gasteiger partial charge on any atom is -0.508 e. The van der Waals surface area contributed by atoms with Crippen molar-refractivity contribution in [2.75, 3.05) is 6.61 Å². The van der Waals surface area contributed by atoms with Gasteiger partial charge < -0.3 is 19.1 Å². The Labute approximate surface area is 208 Å². The third-order valence-corrected chi connectivity index (χ3v) is 5.87. The molecule has 3 rings (SSSR count). The molecule has 0 saturated carbocycles. The van der Waals surface area contributed by atoms with Crippen LogP contribution in [0.4, 0.5) is 0 Å². The van der Waals surface area contributed by atoms with Gasteiger partial charge in [0, 0.05) is 18.0 Å². The number of ether oxygens (including phenoxy) is 2. The normalized spacial score (nSPS) is 11.5. The van der Waals surface area contributed by atoms with Crippen LogP contribution >= 0.6 is 0 Å². The molecule has 0 radical (unpaired) electrons. The Hall–Kier alpha value is -3.47. The first-order valence-electron chi connectivity index (χ1n) is 12.4. The molecule has 35 heavy (non-hydrogen) atoms. The van der Waals surface area contributed by atoms with Crippen LogP contribution in [-0.4, -0.2) is 16.3 Å². The molecule has 5 heteroatoms. The van der Waals surface area contributed by atoms with E-state index in [0.29, 0.717) is 24.4 Å². The molecule has 0 saturated heterocycles. The van der Waals surface area contributed by atoms with Crippen molar-refractivity contribution < 1.29 is 14.6 Å². The molecule has 0 unspecified atom stereocenters. The number of benzene rings is 2. The second-order valence-corrected chi connectivity index (χ2v) is 9.13. The lowest BCUT2D eigenvalue weighted by Crippen LogP contribution is -2.24.